The molecular weight excluding hydrogens is 320 g/mol. The van der Waals surface area contributed by atoms with Crippen LogP contribution in [0.2, 0.25) is 5.15 Å². The van der Waals surface area contributed by atoms with Crippen LogP contribution in [0.4, 0.5) is 17.1 Å². The Hall–Kier alpha value is -2.80. The molecule has 8 heteroatoms. The van der Waals surface area contributed by atoms with Gasteiger partial charge < -0.3 is 21.5 Å². The highest BCUT2D eigenvalue weighted by Crippen LogP contribution is 2.24. The van der Waals surface area contributed by atoms with E-state index in [0.717, 1.165) is 0 Å². The molecule has 2 rings (SSSR count). The van der Waals surface area contributed by atoms with Gasteiger partial charge in [0.2, 0.25) is 5.91 Å². The summed E-state index contributed by atoms with van der Waals surface area (Å²) in [5.41, 5.74) is 7.22. The number of carbonyl (C=O) groups is 2. The largest absolute Gasteiger partial charge is 0.478 e. The Bertz CT molecular complexity index is 736. The number of rotatable bonds is 6. The zero-order valence-corrected chi connectivity index (χ0v) is 12.8. The van der Waals surface area contributed by atoms with Crippen LogP contribution in [0, 0.1) is 0 Å². The quantitative estimate of drug-likeness (QED) is 0.603. The molecule has 0 fully saturated rings. The third-order valence-corrected chi connectivity index (χ3v) is 3.30. The smallest absolute Gasteiger partial charge is 0.335 e. The van der Waals surface area contributed by atoms with E-state index in [-0.39, 0.29) is 23.0 Å². The fraction of sp³-hybridized carbons (Fsp3) is 0.133. The lowest BCUT2D eigenvalue weighted by molar-refractivity contribution is -0.115. The Labute approximate surface area is 137 Å². The van der Waals surface area contributed by atoms with E-state index in [1.807, 2.05) is 0 Å². The minimum Gasteiger partial charge on any atom is -0.478 e. The summed E-state index contributed by atoms with van der Waals surface area (Å²) >= 11 is 5.80. The summed E-state index contributed by atoms with van der Waals surface area (Å²) in [6.45, 7) is 0.342. The number of nitrogens with one attached hydrogen (secondary N) is 2. The number of carbonyl (C=O) groups excluding carboxylic acids is 1. The Kier molecular flexibility index (Phi) is 5.37. The van der Waals surface area contributed by atoms with E-state index < -0.39 is 5.97 Å². The van der Waals surface area contributed by atoms with Crippen LogP contribution >= 0.6 is 11.6 Å². The summed E-state index contributed by atoms with van der Waals surface area (Å²) in [5.74, 6) is -1.30. The van der Waals surface area contributed by atoms with Crippen LogP contribution < -0.4 is 16.4 Å². The van der Waals surface area contributed by atoms with Crippen molar-refractivity contribution in [3.8, 4) is 0 Å². The molecule has 0 radical (unpaired) electrons. The highest BCUT2D eigenvalue weighted by atomic mass is 35.5. The number of carboxylic acid groups (broad SMARTS) is 1. The number of anilines is 3. The van der Waals surface area contributed by atoms with E-state index in [1.165, 1.54) is 18.3 Å². The average molecular weight is 335 g/mol. The van der Waals surface area contributed by atoms with Gasteiger partial charge in [0.05, 0.1) is 16.9 Å². The molecular formula is C15H15ClN4O3. The molecule has 0 aliphatic carbocycles. The second-order valence-electron chi connectivity index (χ2n) is 4.67. The lowest BCUT2D eigenvalue weighted by Crippen LogP contribution is -2.17. The number of hydrogen-bond donors (Lipinski definition) is 4. The molecule has 2 aromatic rings. The number of nitrogens with two attached hydrogens (primary N) is 1. The van der Waals surface area contributed by atoms with Crippen LogP contribution in [0.25, 0.3) is 0 Å². The number of nitrogens with zero attached hydrogens (tertiary/aromatic N) is 1. The minimum absolute atomic E-state index is 0.111. The number of benzene rings is 1. The molecule has 0 atom stereocenters. The number of aromatic nitrogens is 1. The molecule has 120 valence electrons. The van der Waals surface area contributed by atoms with Crippen molar-refractivity contribution in [2.75, 3.05) is 22.9 Å². The summed E-state index contributed by atoms with van der Waals surface area (Å²) in [7, 11) is 0. The average Bonchev–Trinajstić information content (AvgIpc) is 2.51. The maximum absolute atomic E-state index is 11.9. The highest BCUT2D eigenvalue weighted by molar-refractivity contribution is 6.32. The first-order valence-corrected chi connectivity index (χ1v) is 7.12. The van der Waals surface area contributed by atoms with E-state index in [2.05, 4.69) is 15.6 Å². The summed E-state index contributed by atoms with van der Waals surface area (Å²) < 4.78 is 0. The van der Waals surface area contributed by atoms with E-state index in [4.69, 9.17) is 22.4 Å². The standard InChI is InChI=1S/C15H15ClN4O3/c16-14-13(17)11(4-6-19-14)18-7-5-12(21)20-10-3-1-2-9(8-10)15(22)23/h1-4,6,8H,5,7,17H2,(H,18,19)(H,20,21)(H,22,23). The van der Waals surface area contributed by atoms with Gasteiger partial charge in [0.15, 0.2) is 5.15 Å². The van der Waals surface area contributed by atoms with Gasteiger partial charge in [-0.05, 0) is 24.3 Å². The zero-order chi connectivity index (χ0) is 16.8. The second kappa shape index (κ2) is 7.46. The Morgan fingerprint density at radius 2 is 2.09 bits per heavy atom. The van der Waals surface area contributed by atoms with Gasteiger partial charge in [-0.25, -0.2) is 9.78 Å². The van der Waals surface area contributed by atoms with Crippen LogP contribution in [-0.2, 0) is 4.79 Å². The topological polar surface area (TPSA) is 117 Å². The van der Waals surface area contributed by atoms with Crippen molar-refractivity contribution in [1.82, 2.24) is 4.98 Å². The first kappa shape index (κ1) is 16.6. The van der Waals surface area contributed by atoms with Crippen molar-refractivity contribution in [3.63, 3.8) is 0 Å². The van der Waals surface area contributed by atoms with Gasteiger partial charge in [-0.3, -0.25) is 4.79 Å². The van der Waals surface area contributed by atoms with Crippen LogP contribution in [0.3, 0.4) is 0 Å². The molecule has 7 nitrogen and oxygen atoms in total. The molecule has 0 saturated carbocycles. The molecule has 0 saturated heterocycles. The van der Waals surface area contributed by atoms with Crippen LogP contribution in [0.1, 0.15) is 16.8 Å². The molecule has 0 unspecified atom stereocenters. The molecule has 1 aromatic carbocycles. The fourth-order valence-electron chi connectivity index (χ4n) is 1.87. The number of halogens is 1. The monoisotopic (exact) mass is 334 g/mol. The molecule has 5 N–H and O–H groups in total. The molecule has 0 aliphatic rings. The van der Waals surface area contributed by atoms with Crippen molar-refractivity contribution >= 4 is 40.5 Å². The van der Waals surface area contributed by atoms with E-state index in [9.17, 15) is 9.59 Å². The van der Waals surface area contributed by atoms with Gasteiger partial charge >= 0.3 is 5.97 Å². The van der Waals surface area contributed by atoms with Crippen molar-refractivity contribution in [3.05, 3.63) is 47.2 Å². The number of amides is 1. The number of nitrogen functional groups attached to an aromatic ring is 1. The predicted octanol–water partition coefficient (Wildman–Crippen LogP) is 2.46. The summed E-state index contributed by atoms with van der Waals surface area (Å²) in [6, 6.07) is 7.70. The Morgan fingerprint density at radius 3 is 2.83 bits per heavy atom. The molecule has 23 heavy (non-hydrogen) atoms. The van der Waals surface area contributed by atoms with Gasteiger partial charge in [-0.1, -0.05) is 17.7 Å². The van der Waals surface area contributed by atoms with Crippen molar-refractivity contribution in [2.45, 2.75) is 6.42 Å². The lowest BCUT2D eigenvalue weighted by atomic mass is 10.2. The lowest BCUT2D eigenvalue weighted by Gasteiger charge is -2.10. The molecule has 1 amide bonds. The maximum Gasteiger partial charge on any atom is 0.335 e. The van der Waals surface area contributed by atoms with Crippen LogP contribution in [-0.4, -0.2) is 28.5 Å². The van der Waals surface area contributed by atoms with Gasteiger partial charge in [0, 0.05) is 24.8 Å². The normalized spacial score (nSPS) is 10.1. The fourth-order valence-corrected chi connectivity index (χ4v) is 2.02. The van der Waals surface area contributed by atoms with Gasteiger partial charge in [0.1, 0.15) is 0 Å². The zero-order valence-electron chi connectivity index (χ0n) is 12.0. The number of pyridine rings is 1. The predicted molar refractivity (Wildman–Crippen MR) is 88.8 cm³/mol. The molecule has 0 bridgehead atoms. The molecule has 1 heterocycles. The summed E-state index contributed by atoms with van der Waals surface area (Å²) in [5, 5.41) is 14.7. The van der Waals surface area contributed by atoms with Gasteiger partial charge in [-0.15, -0.1) is 0 Å². The second-order valence-corrected chi connectivity index (χ2v) is 5.03. The molecule has 0 aliphatic heterocycles. The van der Waals surface area contributed by atoms with E-state index >= 15 is 0 Å². The molecule has 0 spiro atoms. The number of aromatic carboxylic acids is 1. The first-order chi connectivity index (χ1) is 11.0. The first-order valence-electron chi connectivity index (χ1n) is 6.74. The minimum atomic E-state index is -1.05. The van der Waals surface area contributed by atoms with Gasteiger partial charge in [-0.2, -0.15) is 0 Å². The van der Waals surface area contributed by atoms with Crippen molar-refractivity contribution in [1.29, 1.82) is 0 Å². The Balaban J connectivity index is 1.87. The number of hydrogen-bond acceptors (Lipinski definition) is 5. The summed E-state index contributed by atoms with van der Waals surface area (Å²) in [6.07, 6.45) is 1.69. The highest BCUT2D eigenvalue weighted by Gasteiger charge is 2.07. The van der Waals surface area contributed by atoms with Crippen molar-refractivity contribution in [2.24, 2.45) is 0 Å². The summed E-state index contributed by atoms with van der Waals surface area (Å²) in [4.78, 5) is 26.6. The number of carboxylic acids is 1. The third-order valence-electron chi connectivity index (χ3n) is 3.00. The SMILES string of the molecule is Nc1c(NCCC(=O)Nc2cccc(C(=O)O)c2)ccnc1Cl. The molecule has 1 aromatic heterocycles. The van der Waals surface area contributed by atoms with Crippen LogP contribution in [0.15, 0.2) is 36.5 Å². The van der Waals surface area contributed by atoms with Gasteiger partial charge in [0.25, 0.3) is 0 Å². The van der Waals surface area contributed by atoms with Crippen molar-refractivity contribution < 1.29 is 14.7 Å². The van der Waals surface area contributed by atoms with E-state index in [0.29, 0.717) is 23.6 Å². The Morgan fingerprint density at radius 1 is 1.30 bits per heavy atom. The van der Waals surface area contributed by atoms with E-state index in [1.54, 1.807) is 18.2 Å². The maximum atomic E-state index is 11.9. The third kappa shape index (κ3) is 4.58. The van der Waals surface area contributed by atoms with Crippen LogP contribution in [0.5, 0.6) is 0 Å².